The van der Waals surface area contributed by atoms with Gasteiger partial charge in [0, 0.05) is 24.2 Å². The molecule has 0 aromatic carbocycles. The van der Waals surface area contributed by atoms with Gasteiger partial charge in [0.25, 0.3) is 0 Å². The number of hydrogen-bond acceptors (Lipinski definition) is 4. The summed E-state index contributed by atoms with van der Waals surface area (Å²) in [6.07, 6.45) is 5.43. The number of aliphatic carboxylic acids is 1. The second-order valence-corrected chi connectivity index (χ2v) is 7.97. The molecule has 7 nitrogen and oxygen atoms in total. The van der Waals surface area contributed by atoms with Gasteiger partial charge < -0.3 is 15.7 Å². The number of amides is 2. The molecule has 0 radical (unpaired) electrons. The molecule has 0 aromatic rings. The van der Waals surface area contributed by atoms with Gasteiger partial charge >= 0.3 is 12.0 Å². The fraction of sp³-hybridized carbons (Fsp3) is 0.889. The third-order valence-electron chi connectivity index (χ3n) is 5.60. The number of piperidine rings is 1. The highest BCUT2D eigenvalue weighted by Gasteiger charge is 2.35. The number of rotatable bonds is 8. The highest BCUT2D eigenvalue weighted by Crippen LogP contribution is 2.25. The van der Waals surface area contributed by atoms with Crippen molar-refractivity contribution in [2.45, 2.75) is 70.5 Å². The van der Waals surface area contributed by atoms with Crippen molar-refractivity contribution in [2.75, 3.05) is 32.7 Å². The van der Waals surface area contributed by atoms with Gasteiger partial charge in [-0.1, -0.05) is 13.3 Å². The third kappa shape index (κ3) is 5.85. The molecule has 0 bridgehead atoms. The van der Waals surface area contributed by atoms with Crippen LogP contribution in [0.3, 0.4) is 0 Å². The molecule has 1 saturated carbocycles. The van der Waals surface area contributed by atoms with Gasteiger partial charge in [-0.15, -0.1) is 0 Å². The van der Waals surface area contributed by atoms with E-state index < -0.39 is 5.97 Å². The average Bonchev–Trinajstić information content (AvgIpc) is 2.55. The third-order valence-corrected chi connectivity index (χ3v) is 5.60. The summed E-state index contributed by atoms with van der Waals surface area (Å²) in [5.74, 6) is -0.795. The van der Waals surface area contributed by atoms with Crippen molar-refractivity contribution in [1.29, 1.82) is 0 Å². The van der Waals surface area contributed by atoms with Crippen LogP contribution in [0.5, 0.6) is 0 Å². The average molecular weight is 354 g/mol. The van der Waals surface area contributed by atoms with E-state index in [-0.39, 0.29) is 30.2 Å². The molecule has 0 spiro atoms. The van der Waals surface area contributed by atoms with Gasteiger partial charge in [0.05, 0.1) is 6.54 Å². The predicted molar refractivity (Wildman–Crippen MR) is 97.7 cm³/mol. The van der Waals surface area contributed by atoms with E-state index >= 15 is 0 Å². The number of carbonyl (C=O) groups is 2. The van der Waals surface area contributed by atoms with Crippen molar-refractivity contribution in [2.24, 2.45) is 0 Å². The molecule has 2 amide bonds. The lowest BCUT2D eigenvalue weighted by molar-refractivity contribution is -0.139. The van der Waals surface area contributed by atoms with E-state index in [4.69, 9.17) is 5.11 Å². The maximum atomic E-state index is 12.2. The first-order chi connectivity index (χ1) is 11.8. The van der Waals surface area contributed by atoms with E-state index in [0.29, 0.717) is 6.54 Å². The van der Waals surface area contributed by atoms with Crippen LogP contribution in [0.15, 0.2) is 0 Å². The monoisotopic (exact) mass is 354 g/mol. The molecule has 2 rings (SSSR count). The predicted octanol–water partition coefficient (Wildman–Crippen LogP) is 1.49. The Morgan fingerprint density at radius 2 is 1.84 bits per heavy atom. The topological polar surface area (TPSA) is 84.9 Å². The van der Waals surface area contributed by atoms with Crippen LogP contribution >= 0.6 is 0 Å². The number of urea groups is 1. The van der Waals surface area contributed by atoms with E-state index in [1.807, 2.05) is 11.8 Å². The zero-order chi connectivity index (χ0) is 18.4. The summed E-state index contributed by atoms with van der Waals surface area (Å²) < 4.78 is 0. The highest BCUT2D eigenvalue weighted by atomic mass is 16.4. The van der Waals surface area contributed by atoms with Gasteiger partial charge in [0.1, 0.15) is 0 Å². The van der Waals surface area contributed by atoms with Crippen LogP contribution in [0.2, 0.25) is 0 Å². The molecular formula is C18H34N4O3. The molecule has 0 unspecified atom stereocenters. The van der Waals surface area contributed by atoms with Crippen LogP contribution in [0.1, 0.15) is 52.9 Å². The number of hydrogen-bond donors (Lipinski definition) is 3. The summed E-state index contributed by atoms with van der Waals surface area (Å²) in [5, 5.41) is 14.9. The normalized spacial score (nSPS) is 24.6. The smallest absolute Gasteiger partial charge is 0.317 e. The second-order valence-electron chi connectivity index (χ2n) is 7.97. The zero-order valence-corrected chi connectivity index (χ0v) is 15.9. The molecule has 25 heavy (non-hydrogen) atoms. The Kier molecular flexibility index (Phi) is 7.07. The van der Waals surface area contributed by atoms with Gasteiger partial charge in [0.15, 0.2) is 0 Å². The standard InChI is InChI=1S/C18H34N4O3/c1-4-21(12-16(23)24)15-10-14(11-15)20-17(25)19-13-18(2,3)22-8-6-5-7-9-22/h14-15H,4-13H2,1-3H3,(H,23,24)(H2,19,20,25). The molecule has 1 saturated heterocycles. The summed E-state index contributed by atoms with van der Waals surface area (Å²) in [4.78, 5) is 27.4. The molecule has 144 valence electrons. The van der Waals surface area contributed by atoms with E-state index in [2.05, 4.69) is 29.4 Å². The van der Waals surface area contributed by atoms with Crippen molar-refractivity contribution >= 4 is 12.0 Å². The number of carboxylic acid groups (broad SMARTS) is 1. The first-order valence-corrected chi connectivity index (χ1v) is 9.57. The quantitative estimate of drug-likeness (QED) is 0.615. The van der Waals surface area contributed by atoms with Gasteiger partial charge in [-0.2, -0.15) is 0 Å². The zero-order valence-electron chi connectivity index (χ0n) is 15.9. The Bertz CT molecular complexity index is 457. The molecule has 2 fully saturated rings. The lowest BCUT2D eigenvalue weighted by atomic mass is 9.85. The minimum Gasteiger partial charge on any atom is -0.480 e. The highest BCUT2D eigenvalue weighted by molar-refractivity contribution is 5.74. The maximum Gasteiger partial charge on any atom is 0.317 e. The SMILES string of the molecule is CCN(CC(=O)O)C1CC(NC(=O)NCC(C)(C)N2CCCCC2)C1. The molecular weight excluding hydrogens is 320 g/mol. The number of nitrogens with one attached hydrogen (secondary N) is 2. The lowest BCUT2D eigenvalue weighted by Gasteiger charge is -2.43. The Morgan fingerprint density at radius 1 is 1.20 bits per heavy atom. The Balaban J connectivity index is 1.67. The first kappa shape index (κ1) is 20.0. The van der Waals surface area contributed by atoms with E-state index in [1.54, 1.807) is 0 Å². The lowest BCUT2D eigenvalue weighted by Crippen LogP contribution is -2.58. The number of carboxylic acids is 1. The number of likely N-dealkylation sites (tertiary alicyclic amines) is 1. The summed E-state index contributed by atoms with van der Waals surface area (Å²) >= 11 is 0. The molecule has 0 aromatic heterocycles. The van der Waals surface area contributed by atoms with Gasteiger partial charge in [-0.25, -0.2) is 4.79 Å². The number of nitrogens with zero attached hydrogens (tertiary/aromatic N) is 2. The maximum absolute atomic E-state index is 12.2. The van der Waals surface area contributed by atoms with Crippen LogP contribution in [0, 0.1) is 0 Å². The van der Waals surface area contributed by atoms with Gasteiger partial charge in [-0.05, 0) is 59.2 Å². The number of likely N-dealkylation sites (N-methyl/N-ethyl adjacent to an activating group) is 1. The molecule has 1 aliphatic carbocycles. The summed E-state index contributed by atoms with van der Waals surface area (Å²) in [5.41, 5.74) is -0.0274. The Labute approximate surface area is 151 Å². The summed E-state index contributed by atoms with van der Waals surface area (Å²) in [7, 11) is 0. The number of carbonyl (C=O) groups excluding carboxylic acids is 1. The van der Waals surface area contributed by atoms with Gasteiger partial charge in [-0.3, -0.25) is 14.6 Å². The van der Waals surface area contributed by atoms with E-state index in [0.717, 1.165) is 32.5 Å². The van der Waals surface area contributed by atoms with Crippen LogP contribution < -0.4 is 10.6 Å². The molecule has 0 atom stereocenters. The van der Waals surface area contributed by atoms with Crippen LogP contribution in [0.25, 0.3) is 0 Å². The molecule has 7 heteroatoms. The largest absolute Gasteiger partial charge is 0.480 e. The second kappa shape index (κ2) is 8.85. The molecule has 1 heterocycles. The van der Waals surface area contributed by atoms with Crippen molar-refractivity contribution in [1.82, 2.24) is 20.4 Å². The summed E-state index contributed by atoms with van der Waals surface area (Å²) in [6.45, 7) is 9.98. The van der Waals surface area contributed by atoms with E-state index in [9.17, 15) is 9.59 Å². The molecule has 3 N–H and O–H groups in total. The van der Waals surface area contributed by atoms with Crippen molar-refractivity contribution in [3.05, 3.63) is 0 Å². The van der Waals surface area contributed by atoms with E-state index in [1.165, 1.54) is 19.3 Å². The Hall–Kier alpha value is -1.34. The van der Waals surface area contributed by atoms with Crippen LogP contribution in [0.4, 0.5) is 4.79 Å². The fourth-order valence-corrected chi connectivity index (χ4v) is 3.82. The van der Waals surface area contributed by atoms with Crippen LogP contribution in [-0.2, 0) is 4.79 Å². The van der Waals surface area contributed by atoms with Crippen molar-refractivity contribution in [3.63, 3.8) is 0 Å². The molecule has 2 aliphatic rings. The van der Waals surface area contributed by atoms with Crippen LogP contribution in [-0.4, -0.2) is 77.3 Å². The minimum absolute atomic E-state index is 0.0274. The fourth-order valence-electron chi connectivity index (χ4n) is 3.82. The van der Waals surface area contributed by atoms with Gasteiger partial charge in [0.2, 0.25) is 0 Å². The summed E-state index contributed by atoms with van der Waals surface area (Å²) in [6, 6.07) is 0.289. The minimum atomic E-state index is -0.795. The molecule has 1 aliphatic heterocycles. The van der Waals surface area contributed by atoms with Crippen molar-refractivity contribution in [3.8, 4) is 0 Å². The van der Waals surface area contributed by atoms with Crippen molar-refractivity contribution < 1.29 is 14.7 Å². The first-order valence-electron chi connectivity index (χ1n) is 9.57. The Morgan fingerprint density at radius 3 is 2.40 bits per heavy atom.